The molecular weight excluding hydrogens is 192 g/mol. The summed E-state index contributed by atoms with van der Waals surface area (Å²) in [7, 11) is 4.01. The second kappa shape index (κ2) is 5.47. The van der Waals surface area contributed by atoms with Gasteiger partial charge in [0.15, 0.2) is 0 Å². The highest BCUT2D eigenvalue weighted by molar-refractivity contribution is 5.75. The molecule has 1 fully saturated rings. The quantitative estimate of drug-likeness (QED) is 0.728. The van der Waals surface area contributed by atoms with E-state index in [1.165, 1.54) is 0 Å². The molecule has 0 radical (unpaired) electrons. The number of nitrogens with zero attached hydrogens (tertiary/aromatic N) is 2. The Morgan fingerprint density at radius 3 is 2.67 bits per heavy atom. The highest BCUT2D eigenvalue weighted by atomic mass is 16.3. The highest BCUT2D eigenvalue weighted by Gasteiger charge is 2.31. The minimum atomic E-state index is 0.219. The third-order valence-electron chi connectivity index (χ3n) is 3.27. The van der Waals surface area contributed by atoms with E-state index in [1.54, 1.807) is 0 Å². The molecule has 1 N–H and O–H groups in total. The predicted octanol–water partition coefficient (Wildman–Crippen LogP) is 0.167. The molecule has 1 amide bonds. The van der Waals surface area contributed by atoms with Crippen molar-refractivity contribution in [3.63, 3.8) is 0 Å². The standard InChI is InChI=1S/C11H22N2O2/c1-4-11(15)13-6-5-9(8-14)10(7-13)12(2)3/h9-10,14H,4-8H2,1-3H3/t9-,10-/m1/s1. The van der Waals surface area contributed by atoms with E-state index in [2.05, 4.69) is 4.90 Å². The van der Waals surface area contributed by atoms with Gasteiger partial charge in [0, 0.05) is 38.1 Å². The van der Waals surface area contributed by atoms with Crippen molar-refractivity contribution in [1.29, 1.82) is 0 Å². The van der Waals surface area contributed by atoms with Crippen LogP contribution in [0.1, 0.15) is 19.8 Å². The van der Waals surface area contributed by atoms with Gasteiger partial charge in [-0.25, -0.2) is 0 Å². The second-order valence-electron chi connectivity index (χ2n) is 4.46. The normalized spacial score (nSPS) is 27.1. The summed E-state index contributed by atoms with van der Waals surface area (Å²) in [6.45, 7) is 3.66. The van der Waals surface area contributed by atoms with E-state index in [0.717, 1.165) is 19.5 Å². The molecule has 88 valence electrons. The van der Waals surface area contributed by atoms with Crippen LogP contribution in [0.4, 0.5) is 0 Å². The number of likely N-dealkylation sites (tertiary alicyclic amines) is 1. The Bertz CT molecular complexity index is 219. The molecule has 0 aliphatic carbocycles. The van der Waals surface area contributed by atoms with Gasteiger partial charge in [0.1, 0.15) is 0 Å². The summed E-state index contributed by atoms with van der Waals surface area (Å²) in [5, 5.41) is 9.26. The van der Waals surface area contributed by atoms with Crippen molar-refractivity contribution < 1.29 is 9.90 Å². The van der Waals surface area contributed by atoms with Crippen molar-refractivity contribution in [2.75, 3.05) is 33.8 Å². The number of aliphatic hydroxyl groups excluding tert-OH is 1. The number of carbonyl (C=O) groups is 1. The second-order valence-corrected chi connectivity index (χ2v) is 4.46. The van der Waals surface area contributed by atoms with Gasteiger partial charge >= 0.3 is 0 Å². The van der Waals surface area contributed by atoms with E-state index in [4.69, 9.17) is 0 Å². The van der Waals surface area contributed by atoms with Gasteiger partial charge in [-0.15, -0.1) is 0 Å². The first-order chi connectivity index (χ1) is 7.10. The number of hydrogen-bond donors (Lipinski definition) is 1. The largest absolute Gasteiger partial charge is 0.396 e. The van der Waals surface area contributed by atoms with Gasteiger partial charge < -0.3 is 14.9 Å². The summed E-state index contributed by atoms with van der Waals surface area (Å²) in [5.74, 6) is 0.527. The molecule has 0 saturated carbocycles. The average molecular weight is 214 g/mol. The van der Waals surface area contributed by atoms with Gasteiger partial charge in [-0.1, -0.05) is 6.92 Å². The third-order valence-corrected chi connectivity index (χ3v) is 3.27. The molecular formula is C11H22N2O2. The maximum atomic E-state index is 11.6. The summed E-state index contributed by atoms with van der Waals surface area (Å²) in [6, 6.07) is 0.291. The zero-order chi connectivity index (χ0) is 11.4. The molecule has 4 nitrogen and oxygen atoms in total. The minimum absolute atomic E-state index is 0.219. The van der Waals surface area contributed by atoms with Crippen LogP contribution in [0.5, 0.6) is 0 Å². The Hall–Kier alpha value is -0.610. The highest BCUT2D eigenvalue weighted by Crippen LogP contribution is 2.21. The van der Waals surface area contributed by atoms with E-state index in [1.807, 2.05) is 25.9 Å². The molecule has 0 unspecified atom stereocenters. The molecule has 1 aliphatic heterocycles. The van der Waals surface area contributed by atoms with Crippen LogP contribution < -0.4 is 0 Å². The molecule has 1 heterocycles. The van der Waals surface area contributed by atoms with E-state index >= 15 is 0 Å². The number of likely N-dealkylation sites (N-methyl/N-ethyl adjacent to an activating group) is 1. The Kier molecular flexibility index (Phi) is 4.54. The van der Waals surface area contributed by atoms with Crippen LogP contribution in [0.25, 0.3) is 0 Å². The summed E-state index contributed by atoms with van der Waals surface area (Å²) >= 11 is 0. The molecule has 4 heteroatoms. The van der Waals surface area contributed by atoms with Crippen LogP contribution in [0.2, 0.25) is 0 Å². The smallest absolute Gasteiger partial charge is 0.222 e. The van der Waals surface area contributed by atoms with Crippen LogP contribution in [-0.4, -0.2) is 60.6 Å². The maximum absolute atomic E-state index is 11.6. The van der Waals surface area contributed by atoms with Gasteiger partial charge in [-0.05, 0) is 20.5 Å². The molecule has 2 atom stereocenters. The molecule has 1 saturated heterocycles. The van der Waals surface area contributed by atoms with Gasteiger partial charge in [-0.3, -0.25) is 4.79 Å². The molecule has 1 aliphatic rings. The lowest BCUT2D eigenvalue weighted by Crippen LogP contribution is -2.52. The van der Waals surface area contributed by atoms with Crippen LogP contribution >= 0.6 is 0 Å². The maximum Gasteiger partial charge on any atom is 0.222 e. The number of rotatable bonds is 3. The fourth-order valence-electron chi connectivity index (χ4n) is 2.23. The number of aliphatic hydroxyl groups is 1. The molecule has 0 bridgehead atoms. The number of piperidine rings is 1. The van der Waals surface area contributed by atoms with Crippen LogP contribution in [0, 0.1) is 5.92 Å². The Labute approximate surface area is 91.9 Å². The molecule has 0 aromatic carbocycles. The first-order valence-electron chi connectivity index (χ1n) is 5.65. The van der Waals surface area contributed by atoms with E-state index < -0.39 is 0 Å². The fraction of sp³-hybridized carbons (Fsp3) is 0.909. The third kappa shape index (κ3) is 2.92. The lowest BCUT2D eigenvalue weighted by atomic mass is 9.91. The zero-order valence-corrected chi connectivity index (χ0v) is 9.94. The van der Waals surface area contributed by atoms with Gasteiger partial charge in [-0.2, -0.15) is 0 Å². The van der Waals surface area contributed by atoms with Crippen molar-refractivity contribution in [3.05, 3.63) is 0 Å². The van der Waals surface area contributed by atoms with E-state index in [0.29, 0.717) is 18.4 Å². The monoisotopic (exact) mass is 214 g/mol. The van der Waals surface area contributed by atoms with Crippen molar-refractivity contribution in [2.45, 2.75) is 25.8 Å². The number of hydrogen-bond acceptors (Lipinski definition) is 3. The van der Waals surface area contributed by atoms with Crippen LogP contribution in [-0.2, 0) is 4.79 Å². The van der Waals surface area contributed by atoms with Gasteiger partial charge in [0.25, 0.3) is 0 Å². The first kappa shape index (κ1) is 12.5. The molecule has 1 rings (SSSR count). The minimum Gasteiger partial charge on any atom is -0.396 e. The Morgan fingerprint density at radius 2 is 2.20 bits per heavy atom. The van der Waals surface area contributed by atoms with Crippen molar-refractivity contribution in [2.24, 2.45) is 5.92 Å². The van der Waals surface area contributed by atoms with E-state index in [-0.39, 0.29) is 12.5 Å². The molecule has 0 spiro atoms. The number of carbonyl (C=O) groups excluding carboxylic acids is 1. The Balaban J connectivity index is 2.61. The summed E-state index contributed by atoms with van der Waals surface area (Å²) in [4.78, 5) is 15.6. The summed E-state index contributed by atoms with van der Waals surface area (Å²) < 4.78 is 0. The topological polar surface area (TPSA) is 43.8 Å². The lowest BCUT2D eigenvalue weighted by molar-refractivity contribution is -0.134. The zero-order valence-electron chi connectivity index (χ0n) is 9.94. The van der Waals surface area contributed by atoms with Crippen molar-refractivity contribution >= 4 is 5.91 Å². The number of amides is 1. The average Bonchev–Trinajstić information content (AvgIpc) is 2.27. The van der Waals surface area contributed by atoms with E-state index in [9.17, 15) is 9.90 Å². The molecule has 0 aromatic rings. The Morgan fingerprint density at radius 1 is 1.53 bits per heavy atom. The summed E-state index contributed by atoms with van der Waals surface area (Å²) in [6.07, 6.45) is 1.48. The van der Waals surface area contributed by atoms with Crippen LogP contribution in [0.15, 0.2) is 0 Å². The molecule has 0 aromatic heterocycles. The van der Waals surface area contributed by atoms with Crippen LogP contribution in [0.3, 0.4) is 0 Å². The fourth-order valence-corrected chi connectivity index (χ4v) is 2.23. The van der Waals surface area contributed by atoms with Gasteiger partial charge in [0.05, 0.1) is 0 Å². The molecule has 15 heavy (non-hydrogen) atoms. The predicted molar refractivity (Wildman–Crippen MR) is 59.5 cm³/mol. The van der Waals surface area contributed by atoms with Crippen molar-refractivity contribution in [1.82, 2.24) is 9.80 Å². The van der Waals surface area contributed by atoms with Crippen molar-refractivity contribution in [3.8, 4) is 0 Å². The summed E-state index contributed by atoms with van der Waals surface area (Å²) in [5.41, 5.74) is 0. The SMILES string of the molecule is CCC(=O)N1CC[C@H](CO)[C@H](N(C)C)C1. The lowest BCUT2D eigenvalue weighted by Gasteiger charge is -2.41. The first-order valence-corrected chi connectivity index (χ1v) is 5.65. The van der Waals surface area contributed by atoms with Gasteiger partial charge in [0.2, 0.25) is 5.91 Å².